The molecule has 0 unspecified atom stereocenters. The Morgan fingerprint density at radius 2 is 2.17 bits per heavy atom. The standard InChI is InChI=1S/C18H27N3O2/c1-12(2)9-15-19-17(20-23-15)18-8-4-7-14(18)10-21(11-18)16(22)13-5-3-6-13/h12-14H,3-11H2,1-2H3/t14-,18-/m1/s1. The van der Waals surface area contributed by atoms with Crippen LogP contribution in [0.1, 0.15) is 64.1 Å². The summed E-state index contributed by atoms with van der Waals surface area (Å²) in [5.41, 5.74) is -0.0435. The Morgan fingerprint density at radius 1 is 1.35 bits per heavy atom. The van der Waals surface area contributed by atoms with Gasteiger partial charge >= 0.3 is 0 Å². The fourth-order valence-corrected chi connectivity index (χ4v) is 4.63. The van der Waals surface area contributed by atoms with Gasteiger partial charge in [-0.25, -0.2) is 0 Å². The van der Waals surface area contributed by atoms with E-state index in [1.807, 2.05) is 0 Å². The summed E-state index contributed by atoms with van der Waals surface area (Å²) in [4.78, 5) is 19.5. The molecule has 0 bridgehead atoms. The van der Waals surface area contributed by atoms with E-state index in [2.05, 4.69) is 23.9 Å². The van der Waals surface area contributed by atoms with E-state index >= 15 is 0 Å². The number of amides is 1. The van der Waals surface area contributed by atoms with Crippen molar-refractivity contribution in [1.29, 1.82) is 0 Å². The van der Waals surface area contributed by atoms with Gasteiger partial charge in [-0.15, -0.1) is 0 Å². The van der Waals surface area contributed by atoms with Crippen molar-refractivity contribution in [1.82, 2.24) is 15.0 Å². The van der Waals surface area contributed by atoms with Gasteiger partial charge in [-0.1, -0.05) is 31.8 Å². The highest BCUT2D eigenvalue weighted by molar-refractivity contribution is 5.80. The molecule has 0 N–H and O–H groups in total. The monoisotopic (exact) mass is 317 g/mol. The first-order chi connectivity index (χ1) is 11.1. The number of hydrogen-bond donors (Lipinski definition) is 0. The minimum absolute atomic E-state index is 0.0435. The fourth-order valence-electron chi connectivity index (χ4n) is 4.63. The summed E-state index contributed by atoms with van der Waals surface area (Å²) >= 11 is 0. The van der Waals surface area contributed by atoms with E-state index in [4.69, 9.17) is 9.51 Å². The highest BCUT2D eigenvalue weighted by atomic mass is 16.5. The van der Waals surface area contributed by atoms with Crippen molar-refractivity contribution in [2.45, 2.75) is 64.2 Å². The maximum absolute atomic E-state index is 12.6. The van der Waals surface area contributed by atoms with Gasteiger partial charge in [0.25, 0.3) is 0 Å². The Hall–Kier alpha value is -1.39. The number of likely N-dealkylation sites (tertiary alicyclic amines) is 1. The maximum Gasteiger partial charge on any atom is 0.226 e. The van der Waals surface area contributed by atoms with Crippen molar-refractivity contribution in [2.24, 2.45) is 17.8 Å². The van der Waals surface area contributed by atoms with Crippen LogP contribution in [0, 0.1) is 17.8 Å². The van der Waals surface area contributed by atoms with E-state index in [1.165, 1.54) is 19.3 Å². The maximum atomic E-state index is 12.6. The lowest BCUT2D eigenvalue weighted by Crippen LogP contribution is -2.40. The highest BCUT2D eigenvalue weighted by Gasteiger charge is 2.55. The van der Waals surface area contributed by atoms with Crippen LogP contribution in [0.15, 0.2) is 4.52 Å². The van der Waals surface area contributed by atoms with Gasteiger partial charge in [0, 0.05) is 25.4 Å². The van der Waals surface area contributed by atoms with Crippen LogP contribution in [0.3, 0.4) is 0 Å². The summed E-state index contributed by atoms with van der Waals surface area (Å²) in [6, 6.07) is 0. The first-order valence-electron chi connectivity index (χ1n) is 9.20. The molecule has 126 valence electrons. The second kappa shape index (κ2) is 5.60. The first-order valence-corrected chi connectivity index (χ1v) is 9.20. The topological polar surface area (TPSA) is 59.2 Å². The summed E-state index contributed by atoms with van der Waals surface area (Å²) in [7, 11) is 0. The molecule has 3 fully saturated rings. The van der Waals surface area contributed by atoms with Crippen LogP contribution in [-0.2, 0) is 16.6 Å². The van der Waals surface area contributed by atoms with Gasteiger partial charge in [0.05, 0.1) is 5.41 Å². The molecule has 1 aliphatic heterocycles. The highest BCUT2D eigenvalue weighted by Crippen LogP contribution is 2.50. The Balaban J connectivity index is 1.55. The average molecular weight is 317 g/mol. The van der Waals surface area contributed by atoms with E-state index in [-0.39, 0.29) is 11.3 Å². The lowest BCUT2D eigenvalue weighted by Gasteiger charge is -2.30. The third-order valence-electron chi connectivity index (χ3n) is 6.13. The van der Waals surface area contributed by atoms with E-state index in [1.54, 1.807) is 0 Å². The van der Waals surface area contributed by atoms with E-state index < -0.39 is 0 Å². The predicted molar refractivity (Wildman–Crippen MR) is 85.8 cm³/mol. The van der Waals surface area contributed by atoms with Gasteiger partial charge in [0.1, 0.15) is 0 Å². The van der Waals surface area contributed by atoms with Crippen LogP contribution in [0.2, 0.25) is 0 Å². The lowest BCUT2D eigenvalue weighted by molar-refractivity contribution is -0.137. The van der Waals surface area contributed by atoms with Crippen LogP contribution >= 0.6 is 0 Å². The number of hydrogen-bond acceptors (Lipinski definition) is 4. The number of nitrogens with zero attached hydrogens (tertiary/aromatic N) is 3. The van der Waals surface area contributed by atoms with Gasteiger partial charge < -0.3 is 9.42 Å². The van der Waals surface area contributed by atoms with Gasteiger partial charge in [0.2, 0.25) is 11.8 Å². The van der Waals surface area contributed by atoms with Crippen LogP contribution in [0.4, 0.5) is 0 Å². The quantitative estimate of drug-likeness (QED) is 0.856. The van der Waals surface area contributed by atoms with Crippen LogP contribution in [0.25, 0.3) is 0 Å². The smallest absolute Gasteiger partial charge is 0.226 e. The molecule has 0 radical (unpaired) electrons. The molecule has 2 saturated carbocycles. The molecule has 23 heavy (non-hydrogen) atoms. The van der Waals surface area contributed by atoms with Crippen molar-refractivity contribution in [3.8, 4) is 0 Å². The lowest BCUT2D eigenvalue weighted by atomic mass is 9.80. The zero-order valence-corrected chi connectivity index (χ0v) is 14.3. The largest absolute Gasteiger partial charge is 0.341 e. The third kappa shape index (κ3) is 2.48. The number of carbonyl (C=O) groups is 1. The Labute approximate surface area is 137 Å². The molecule has 1 saturated heterocycles. The van der Waals surface area contributed by atoms with Crippen molar-refractivity contribution < 1.29 is 9.32 Å². The van der Waals surface area contributed by atoms with E-state index in [9.17, 15) is 4.79 Å². The molecular weight excluding hydrogens is 290 g/mol. The molecule has 2 heterocycles. The minimum Gasteiger partial charge on any atom is -0.341 e. The molecule has 2 aliphatic carbocycles. The molecule has 4 rings (SSSR count). The van der Waals surface area contributed by atoms with Gasteiger partial charge in [-0.3, -0.25) is 4.79 Å². The Kier molecular flexibility index (Phi) is 3.69. The van der Waals surface area contributed by atoms with Crippen molar-refractivity contribution in [3.63, 3.8) is 0 Å². The molecule has 2 atom stereocenters. The number of rotatable bonds is 4. The third-order valence-corrected chi connectivity index (χ3v) is 6.13. The summed E-state index contributed by atoms with van der Waals surface area (Å²) in [6.07, 6.45) is 7.68. The van der Waals surface area contributed by atoms with Crippen molar-refractivity contribution >= 4 is 5.91 Å². The zero-order valence-electron chi connectivity index (χ0n) is 14.3. The number of aromatic nitrogens is 2. The molecule has 5 heteroatoms. The number of fused-ring (bicyclic) bond motifs is 1. The van der Waals surface area contributed by atoms with E-state index in [0.717, 1.165) is 50.5 Å². The average Bonchev–Trinajstić information content (AvgIpc) is 3.07. The normalized spacial score (nSPS) is 30.7. The molecule has 3 aliphatic rings. The summed E-state index contributed by atoms with van der Waals surface area (Å²) in [6.45, 7) is 6.02. The minimum atomic E-state index is -0.0435. The van der Waals surface area contributed by atoms with Crippen molar-refractivity contribution in [2.75, 3.05) is 13.1 Å². The Morgan fingerprint density at radius 3 is 2.87 bits per heavy atom. The molecule has 1 aromatic heterocycles. The molecule has 1 amide bonds. The van der Waals surface area contributed by atoms with E-state index in [0.29, 0.717) is 17.7 Å². The Bertz CT molecular complexity index is 593. The van der Waals surface area contributed by atoms with Gasteiger partial charge in [0.15, 0.2) is 5.82 Å². The van der Waals surface area contributed by atoms with Gasteiger partial charge in [-0.2, -0.15) is 4.98 Å². The number of carbonyl (C=O) groups excluding carboxylic acids is 1. The SMILES string of the molecule is CC(C)Cc1nc([C@@]23CCC[C@@H]2CN(C(=O)C2CCC2)C3)no1. The second-order valence-electron chi connectivity index (χ2n) is 8.20. The fraction of sp³-hybridized carbons (Fsp3) is 0.833. The van der Waals surface area contributed by atoms with Gasteiger partial charge in [-0.05, 0) is 37.5 Å². The summed E-state index contributed by atoms with van der Waals surface area (Å²) in [5, 5.41) is 4.33. The second-order valence-corrected chi connectivity index (χ2v) is 8.20. The van der Waals surface area contributed by atoms with Crippen molar-refractivity contribution in [3.05, 3.63) is 11.7 Å². The summed E-state index contributed by atoms with van der Waals surface area (Å²) < 4.78 is 5.50. The van der Waals surface area contributed by atoms with Crippen LogP contribution in [-0.4, -0.2) is 34.0 Å². The molecule has 1 aromatic rings. The molecule has 0 aromatic carbocycles. The van der Waals surface area contributed by atoms with Crippen LogP contribution in [0.5, 0.6) is 0 Å². The zero-order chi connectivity index (χ0) is 16.0. The van der Waals surface area contributed by atoms with Crippen LogP contribution < -0.4 is 0 Å². The molecule has 0 spiro atoms. The predicted octanol–water partition coefficient (Wildman–Crippen LogP) is 2.95. The molecule has 5 nitrogen and oxygen atoms in total. The first kappa shape index (κ1) is 15.2. The molecular formula is C18H27N3O2. The summed E-state index contributed by atoms with van der Waals surface area (Å²) in [5.74, 6) is 3.29.